The number of hydrogen-bond acceptors (Lipinski definition) is 2. The van der Waals surface area contributed by atoms with Gasteiger partial charge in [-0.1, -0.05) is 30.2 Å². The molecular formula is C14H18ClNO2. The summed E-state index contributed by atoms with van der Waals surface area (Å²) in [7, 11) is 3.96. The molecule has 1 fully saturated rings. The van der Waals surface area contributed by atoms with Crippen LogP contribution in [-0.2, 0) is 16.8 Å². The fourth-order valence-corrected chi connectivity index (χ4v) is 2.71. The number of benzene rings is 1. The maximum absolute atomic E-state index is 11.4. The fraction of sp³-hybridized carbons (Fsp3) is 0.500. The van der Waals surface area contributed by atoms with Crippen molar-refractivity contribution in [3.8, 4) is 0 Å². The van der Waals surface area contributed by atoms with E-state index in [1.54, 1.807) is 0 Å². The molecular weight excluding hydrogens is 250 g/mol. The molecule has 0 spiro atoms. The number of nitrogens with zero attached hydrogens (tertiary/aromatic N) is 1. The minimum absolute atomic E-state index is 0.661. The van der Waals surface area contributed by atoms with Crippen LogP contribution in [0.2, 0.25) is 5.02 Å². The summed E-state index contributed by atoms with van der Waals surface area (Å²) in [5.74, 6) is -0.731. The standard InChI is InChI=1S/C14H18ClNO2/c1-16(2)9-10-4-5-11(8-12(10)15)14(13(17)18)6-3-7-14/h4-5,8H,3,6-7,9H2,1-2H3,(H,17,18). The van der Waals surface area contributed by atoms with Crippen LogP contribution >= 0.6 is 11.6 Å². The van der Waals surface area contributed by atoms with E-state index >= 15 is 0 Å². The lowest BCUT2D eigenvalue weighted by molar-refractivity contribution is -0.147. The lowest BCUT2D eigenvalue weighted by atomic mass is 9.64. The molecule has 0 atom stereocenters. The zero-order chi connectivity index (χ0) is 13.3. The lowest BCUT2D eigenvalue weighted by Crippen LogP contribution is -2.42. The second-order valence-corrected chi connectivity index (χ2v) is 5.69. The third-order valence-electron chi connectivity index (χ3n) is 3.71. The van der Waals surface area contributed by atoms with Crippen molar-refractivity contribution in [2.24, 2.45) is 0 Å². The topological polar surface area (TPSA) is 40.5 Å². The lowest BCUT2D eigenvalue weighted by Gasteiger charge is -2.38. The van der Waals surface area contributed by atoms with E-state index < -0.39 is 11.4 Å². The van der Waals surface area contributed by atoms with Crippen LogP contribution in [-0.4, -0.2) is 30.1 Å². The largest absolute Gasteiger partial charge is 0.481 e. The van der Waals surface area contributed by atoms with Crippen molar-refractivity contribution in [3.63, 3.8) is 0 Å². The quantitative estimate of drug-likeness (QED) is 0.912. The van der Waals surface area contributed by atoms with Crippen molar-refractivity contribution in [3.05, 3.63) is 34.3 Å². The van der Waals surface area contributed by atoms with E-state index in [9.17, 15) is 9.90 Å². The van der Waals surface area contributed by atoms with Crippen molar-refractivity contribution in [2.75, 3.05) is 14.1 Å². The van der Waals surface area contributed by atoms with Crippen LogP contribution in [0.1, 0.15) is 30.4 Å². The first-order valence-corrected chi connectivity index (χ1v) is 6.50. The summed E-state index contributed by atoms with van der Waals surface area (Å²) in [5.41, 5.74) is 1.18. The Morgan fingerprint density at radius 1 is 1.44 bits per heavy atom. The van der Waals surface area contributed by atoms with Gasteiger partial charge in [-0.2, -0.15) is 0 Å². The molecule has 1 aromatic carbocycles. The third-order valence-corrected chi connectivity index (χ3v) is 4.06. The Hall–Kier alpha value is -1.06. The molecule has 0 aliphatic heterocycles. The van der Waals surface area contributed by atoms with Gasteiger partial charge in [-0.15, -0.1) is 0 Å². The van der Waals surface area contributed by atoms with Gasteiger partial charge in [0.15, 0.2) is 0 Å². The summed E-state index contributed by atoms with van der Waals surface area (Å²) in [6, 6.07) is 5.69. The molecule has 0 radical (unpaired) electrons. The summed E-state index contributed by atoms with van der Waals surface area (Å²) in [4.78, 5) is 13.5. The summed E-state index contributed by atoms with van der Waals surface area (Å²) in [6.07, 6.45) is 2.40. The van der Waals surface area contributed by atoms with Crippen molar-refractivity contribution in [2.45, 2.75) is 31.2 Å². The predicted molar refractivity (Wildman–Crippen MR) is 72.0 cm³/mol. The molecule has 98 valence electrons. The van der Waals surface area contributed by atoms with Crippen LogP contribution in [0.15, 0.2) is 18.2 Å². The number of aliphatic carboxylic acids is 1. The number of rotatable bonds is 4. The minimum Gasteiger partial charge on any atom is -0.481 e. The Balaban J connectivity index is 2.31. The van der Waals surface area contributed by atoms with E-state index in [0.29, 0.717) is 17.9 Å². The highest BCUT2D eigenvalue weighted by Crippen LogP contribution is 2.44. The molecule has 0 heterocycles. The SMILES string of the molecule is CN(C)Cc1ccc(C2(C(=O)O)CCC2)cc1Cl. The normalized spacial score (nSPS) is 17.6. The number of carbonyl (C=O) groups is 1. The van der Waals surface area contributed by atoms with Gasteiger partial charge in [-0.05, 0) is 44.1 Å². The Labute approximate surface area is 112 Å². The van der Waals surface area contributed by atoms with Gasteiger partial charge >= 0.3 is 5.97 Å². The van der Waals surface area contributed by atoms with E-state index in [2.05, 4.69) is 0 Å². The Morgan fingerprint density at radius 3 is 2.50 bits per heavy atom. The van der Waals surface area contributed by atoms with E-state index in [1.165, 1.54) is 0 Å². The number of halogens is 1. The van der Waals surface area contributed by atoms with Gasteiger partial charge in [0.25, 0.3) is 0 Å². The highest BCUT2D eigenvalue weighted by atomic mass is 35.5. The number of hydrogen-bond donors (Lipinski definition) is 1. The van der Waals surface area contributed by atoms with E-state index in [0.717, 1.165) is 24.1 Å². The minimum atomic E-state index is -0.731. The first kappa shape index (κ1) is 13.4. The molecule has 4 heteroatoms. The van der Waals surface area contributed by atoms with Crippen molar-refractivity contribution in [1.82, 2.24) is 4.90 Å². The molecule has 1 saturated carbocycles. The average Bonchev–Trinajstić information content (AvgIpc) is 2.19. The Kier molecular flexibility index (Phi) is 3.64. The number of carboxylic acid groups (broad SMARTS) is 1. The molecule has 0 saturated heterocycles. The molecule has 1 N–H and O–H groups in total. The molecule has 3 nitrogen and oxygen atoms in total. The van der Waals surface area contributed by atoms with Crippen LogP contribution in [0.5, 0.6) is 0 Å². The summed E-state index contributed by atoms with van der Waals surface area (Å²) in [6.45, 7) is 0.763. The van der Waals surface area contributed by atoms with Crippen molar-refractivity contribution >= 4 is 17.6 Å². The second kappa shape index (κ2) is 4.90. The fourth-order valence-electron chi connectivity index (χ4n) is 2.47. The molecule has 1 aliphatic rings. The summed E-state index contributed by atoms with van der Waals surface area (Å²) in [5, 5.41) is 10.1. The van der Waals surface area contributed by atoms with Crippen molar-refractivity contribution in [1.29, 1.82) is 0 Å². The van der Waals surface area contributed by atoms with Crippen LogP contribution in [0.3, 0.4) is 0 Å². The van der Waals surface area contributed by atoms with Crippen LogP contribution in [0.4, 0.5) is 0 Å². The van der Waals surface area contributed by atoms with Gasteiger partial charge in [-0.25, -0.2) is 0 Å². The maximum Gasteiger partial charge on any atom is 0.314 e. The maximum atomic E-state index is 11.4. The van der Waals surface area contributed by atoms with Gasteiger partial charge in [0.1, 0.15) is 0 Å². The molecule has 2 rings (SSSR count). The summed E-state index contributed by atoms with van der Waals surface area (Å²) >= 11 is 6.25. The molecule has 0 unspecified atom stereocenters. The molecule has 0 aromatic heterocycles. The highest BCUT2D eigenvalue weighted by molar-refractivity contribution is 6.31. The molecule has 1 aromatic rings. The van der Waals surface area contributed by atoms with Crippen LogP contribution in [0.25, 0.3) is 0 Å². The first-order valence-electron chi connectivity index (χ1n) is 6.13. The Bertz CT molecular complexity index is 467. The van der Waals surface area contributed by atoms with Crippen LogP contribution in [0, 0.1) is 0 Å². The van der Waals surface area contributed by atoms with E-state index in [-0.39, 0.29) is 0 Å². The van der Waals surface area contributed by atoms with Gasteiger partial charge in [0.2, 0.25) is 0 Å². The number of carboxylic acids is 1. The molecule has 18 heavy (non-hydrogen) atoms. The van der Waals surface area contributed by atoms with Crippen molar-refractivity contribution < 1.29 is 9.90 Å². The zero-order valence-electron chi connectivity index (χ0n) is 10.7. The van der Waals surface area contributed by atoms with Gasteiger partial charge < -0.3 is 10.0 Å². The smallest absolute Gasteiger partial charge is 0.314 e. The second-order valence-electron chi connectivity index (χ2n) is 5.28. The molecule has 0 bridgehead atoms. The monoisotopic (exact) mass is 267 g/mol. The Morgan fingerprint density at radius 2 is 2.11 bits per heavy atom. The first-order chi connectivity index (χ1) is 8.45. The highest BCUT2D eigenvalue weighted by Gasteiger charge is 2.46. The van der Waals surface area contributed by atoms with Gasteiger partial charge in [0.05, 0.1) is 5.41 Å². The zero-order valence-corrected chi connectivity index (χ0v) is 11.5. The van der Waals surface area contributed by atoms with Gasteiger partial charge in [-0.3, -0.25) is 4.79 Å². The molecule has 1 aliphatic carbocycles. The molecule has 0 amide bonds. The van der Waals surface area contributed by atoms with Crippen LogP contribution < -0.4 is 0 Å². The third kappa shape index (κ3) is 2.25. The predicted octanol–water partition coefficient (Wildman–Crippen LogP) is 2.91. The van der Waals surface area contributed by atoms with E-state index in [4.69, 9.17) is 11.6 Å². The van der Waals surface area contributed by atoms with E-state index in [1.807, 2.05) is 37.2 Å². The summed E-state index contributed by atoms with van der Waals surface area (Å²) < 4.78 is 0. The van der Waals surface area contributed by atoms with Gasteiger partial charge in [0, 0.05) is 11.6 Å². The average molecular weight is 268 g/mol.